The molecule has 1 heterocycles. The van der Waals surface area contributed by atoms with Gasteiger partial charge >= 0.3 is 0 Å². The Morgan fingerprint density at radius 2 is 2.08 bits per heavy atom. The molecule has 0 saturated heterocycles. The molecule has 2 N–H and O–H groups in total. The van der Waals surface area contributed by atoms with Crippen LogP contribution in [0.25, 0.3) is 0 Å². The summed E-state index contributed by atoms with van der Waals surface area (Å²) in [6.07, 6.45) is 2.19. The predicted octanol–water partition coefficient (Wildman–Crippen LogP) is 3.71. The van der Waals surface area contributed by atoms with Crippen LogP contribution < -0.4 is 10.6 Å². The van der Waals surface area contributed by atoms with E-state index < -0.39 is 0 Å². The highest BCUT2D eigenvalue weighted by atomic mass is 32.1. The molecule has 0 radical (unpaired) electrons. The lowest BCUT2D eigenvalue weighted by Gasteiger charge is -2.15. The largest absolute Gasteiger partial charge is 0.352 e. The number of likely N-dealkylation sites (N-methyl/N-ethyl adjacent to an activating group) is 1. The third-order valence-electron chi connectivity index (χ3n) is 4.17. The molecule has 0 spiro atoms. The normalized spacial score (nSPS) is 14.0. The van der Waals surface area contributed by atoms with Gasteiger partial charge in [0, 0.05) is 11.7 Å². The molecule has 8 heteroatoms. The lowest BCUT2D eigenvalue weighted by molar-refractivity contribution is -0.122. The summed E-state index contributed by atoms with van der Waals surface area (Å²) in [7, 11) is 1.89. The van der Waals surface area contributed by atoms with Gasteiger partial charge in [0.15, 0.2) is 3.95 Å². The van der Waals surface area contributed by atoms with Gasteiger partial charge < -0.3 is 10.6 Å². The van der Waals surface area contributed by atoms with E-state index in [2.05, 4.69) is 53.8 Å². The second kappa shape index (κ2) is 8.28. The van der Waals surface area contributed by atoms with Crippen LogP contribution >= 0.6 is 23.6 Å². The maximum atomic E-state index is 11.9. The number of aromatic nitrogens is 2. The Balaban J connectivity index is 1.57. The van der Waals surface area contributed by atoms with Crippen molar-refractivity contribution in [1.29, 1.82) is 0 Å². The van der Waals surface area contributed by atoms with E-state index in [0.29, 0.717) is 29.1 Å². The van der Waals surface area contributed by atoms with E-state index in [9.17, 15) is 4.79 Å². The Hall–Kier alpha value is -1.77. The van der Waals surface area contributed by atoms with E-state index in [1.807, 2.05) is 11.9 Å². The zero-order valence-corrected chi connectivity index (χ0v) is 17.0. The monoisotopic (exact) mass is 391 g/mol. The summed E-state index contributed by atoms with van der Waals surface area (Å²) >= 11 is 6.84. The minimum Gasteiger partial charge on any atom is -0.352 e. The van der Waals surface area contributed by atoms with E-state index in [-0.39, 0.29) is 5.91 Å². The molecule has 1 aromatic carbocycles. The topological polar surface area (TPSA) is 62.2 Å². The second-order valence-electron chi connectivity index (χ2n) is 7.07. The molecule has 1 aromatic heterocycles. The van der Waals surface area contributed by atoms with Crippen LogP contribution in [0.1, 0.15) is 38.2 Å². The third-order valence-corrected chi connectivity index (χ3v) is 5.39. The van der Waals surface area contributed by atoms with E-state index in [1.165, 1.54) is 16.9 Å². The Morgan fingerprint density at radius 1 is 1.38 bits per heavy atom. The van der Waals surface area contributed by atoms with Crippen molar-refractivity contribution < 1.29 is 4.79 Å². The molecule has 0 aliphatic heterocycles. The Bertz CT molecular complexity index is 808. The lowest BCUT2D eigenvalue weighted by Crippen LogP contribution is -2.37. The third kappa shape index (κ3) is 5.36. The molecule has 1 aliphatic carbocycles. The highest BCUT2D eigenvalue weighted by Crippen LogP contribution is 2.23. The molecular formula is C18H25N5OS2. The fourth-order valence-electron chi connectivity index (χ4n) is 2.55. The Morgan fingerprint density at radius 3 is 2.69 bits per heavy atom. The van der Waals surface area contributed by atoms with Crippen LogP contribution in [-0.4, -0.2) is 40.2 Å². The van der Waals surface area contributed by atoms with Crippen LogP contribution in [0.4, 0.5) is 10.8 Å². The lowest BCUT2D eigenvalue weighted by atomic mass is 10.0. The summed E-state index contributed by atoms with van der Waals surface area (Å²) in [5.41, 5.74) is 2.29. The first-order valence-electron chi connectivity index (χ1n) is 8.83. The molecule has 0 bridgehead atoms. The van der Waals surface area contributed by atoms with Crippen molar-refractivity contribution in [2.75, 3.05) is 18.9 Å². The maximum absolute atomic E-state index is 11.9. The van der Waals surface area contributed by atoms with Crippen molar-refractivity contribution in [1.82, 2.24) is 20.0 Å². The van der Waals surface area contributed by atoms with Crippen LogP contribution in [0, 0.1) is 3.95 Å². The van der Waals surface area contributed by atoms with Gasteiger partial charge in [0.25, 0.3) is 0 Å². The maximum Gasteiger partial charge on any atom is 0.234 e. The van der Waals surface area contributed by atoms with Gasteiger partial charge in [-0.1, -0.05) is 37.3 Å². The quantitative estimate of drug-likeness (QED) is 0.672. The van der Waals surface area contributed by atoms with Gasteiger partial charge in [0.1, 0.15) is 0 Å². The number of hydrogen-bond acceptors (Lipinski definition) is 6. The van der Waals surface area contributed by atoms with Crippen molar-refractivity contribution in [3.05, 3.63) is 33.8 Å². The van der Waals surface area contributed by atoms with E-state index in [4.69, 9.17) is 12.2 Å². The number of carbonyl (C=O) groups excluding carboxylic acids is 1. The standard InChI is InChI=1S/C18H25N5OS2/c1-12(2)13-4-6-15(7-5-13)20-17-21-23(18(25)26-17)11-22(3)10-16(24)19-14-8-9-14/h4-7,12,14H,8-11H2,1-3H3,(H,19,24)(H,20,21). The fourth-order valence-corrected chi connectivity index (χ4v) is 3.56. The van der Waals surface area contributed by atoms with Gasteiger partial charge in [-0.25, -0.2) is 4.68 Å². The SMILES string of the molecule is CC(C)c1ccc(Nc2nn(CN(C)CC(=O)NC3CC3)c(=S)s2)cc1. The molecule has 0 atom stereocenters. The number of rotatable bonds is 8. The molecular weight excluding hydrogens is 366 g/mol. The smallest absolute Gasteiger partial charge is 0.234 e. The van der Waals surface area contributed by atoms with Crippen molar-refractivity contribution in [3.63, 3.8) is 0 Å². The first kappa shape index (κ1) is 19.0. The molecule has 0 unspecified atom stereocenters. The number of anilines is 2. The molecule has 1 amide bonds. The van der Waals surface area contributed by atoms with Gasteiger partial charge in [-0.3, -0.25) is 9.69 Å². The molecule has 1 aliphatic rings. The van der Waals surface area contributed by atoms with Crippen LogP contribution in [0.5, 0.6) is 0 Å². The summed E-state index contributed by atoms with van der Waals surface area (Å²) in [5.74, 6) is 0.568. The molecule has 1 fully saturated rings. The van der Waals surface area contributed by atoms with Gasteiger partial charge in [0.2, 0.25) is 11.0 Å². The number of benzene rings is 1. The average Bonchev–Trinajstić information content (AvgIpc) is 3.31. The highest BCUT2D eigenvalue weighted by molar-refractivity contribution is 7.73. The summed E-state index contributed by atoms with van der Waals surface area (Å²) in [5, 5.41) is 11.6. The van der Waals surface area contributed by atoms with E-state index >= 15 is 0 Å². The van der Waals surface area contributed by atoms with Crippen LogP contribution in [0.3, 0.4) is 0 Å². The minimum atomic E-state index is 0.0559. The number of nitrogens with zero attached hydrogens (tertiary/aromatic N) is 3. The molecule has 1 saturated carbocycles. The van der Waals surface area contributed by atoms with Crippen molar-refractivity contribution in [2.45, 2.75) is 45.3 Å². The number of nitrogens with one attached hydrogen (secondary N) is 2. The molecule has 2 aromatic rings. The van der Waals surface area contributed by atoms with Crippen molar-refractivity contribution >= 4 is 40.3 Å². The number of carbonyl (C=O) groups is 1. The summed E-state index contributed by atoms with van der Waals surface area (Å²) in [6.45, 7) is 5.19. The van der Waals surface area contributed by atoms with Crippen molar-refractivity contribution in [3.8, 4) is 0 Å². The minimum absolute atomic E-state index is 0.0559. The fraction of sp³-hybridized carbons (Fsp3) is 0.500. The molecule has 3 rings (SSSR count). The van der Waals surface area contributed by atoms with E-state index in [1.54, 1.807) is 4.68 Å². The first-order valence-corrected chi connectivity index (χ1v) is 10.1. The van der Waals surface area contributed by atoms with Crippen molar-refractivity contribution in [2.24, 2.45) is 0 Å². The average molecular weight is 392 g/mol. The summed E-state index contributed by atoms with van der Waals surface area (Å²) in [6, 6.07) is 8.73. The molecule has 26 heavy (non-hydrogen) atoms. The molecule has 140 valence electrons. The van der Waals surface area contributed by atoms with E-state index in [0.717, 1.165) is 23.7 Å². The zero-order chi connectivity index (χ0) is 18.7. The van der Waals surface area contributed by atoms with Gasteiger partial charge in [-0.2, -0.15) is 0 Å². The Kier molecular flexibility index (Phi) is 6.05. The number of hydrogen-bond donors (Lipinski definition) is 2. The second-order valence-corrected chi connectivity index (χ2v) is 8.69. The van der Waals surface area contributed by atoms with Gasteiger partial charge in [0.05, 0.1) is 13.2 Å². The first-order chi connectivity index (χ1) is 12.4. The van der Waals surface area contributed by atoms with Crippen LogP contribution in [-0.2, 0) is 11.5 Å². The predicted molar refractivity (Wildman–Crippen MR) is 109 cm³/mol. The van der Waals surface area contributed by atoms with Crippen LogP contribution in [0.2, 0.25) is 0 Å². The highest BCUT2D eigenvalue weighted by Gasteiger charge is 2.23. The zero-order valence-electron chi connectivity index (χ0n) is 15.4. The summed E-state index contributed by atoms with van der Waals surface area (Å²) in [4.78, 5) is 13.8. The number of amides is 1. The summed E-state index contributed by atoms with van der Waals surface area (Å²) < 4.78 is 2.43. The molecule has 6 nitrogen and oxygen atoms in total. The van der Waals surface area contributed by atoms with Crippen LogP contribution in [0.15, 0.2) is 24.3 Å². The Labute approximate surface area is 163 Å². The van der Waals surface area contributed by atoms with Gasteiger partial charge in [-0.05, 0) is 55.7 Å². The van der Waals surface area contributed by atoms with Gasteiger partial charge in [-0.15, -0.1) is 5.10 Å².